The van der Waals surface area contributed by atoms with Crippen LogP contribution in [-0.4, -0.2) is 24.1 Å². The normalized spacial score (nSPS) is 11.2. The van der Waals surface area contributed by atoms with E-state index in [2.05, 4.69) is 240 Å². The average Bonchev–Trinajstić information content (AvgIpc) is 1.56. The van der Waals surface area contributed by atoms with Gasteiger partial charge in [-0.15, -0.1) is 0 Å². The first-order chi connectivity index (χ1) is 48.4. The summed E-state index contributed by atoms with van der Waals surface area (Å²) in [7, 11) is 0. The number of rotatable bonds is 12. The van der Waals surface area contributed by atoms with E-state index >= 15 is 0 Å². The van der Waals surface area contributed by atoms with Gasteiger partial charge in [-0.3, -0.25) is 0 Å². The Morgan fingerprint density at radius 1 is 0.214 bits per heavy atom. The van der Waals surface area contributed by atoms with Gasteiger partial charge in [-0.05, 0) is 187 Å². The maximum Gasteiger partial charge on any atom is 0.166 e. The molecule has 0 spiro atoms. The molecule has 0 N–H and O–H groups in total. The predicted molar refractivity (Wildman–Crippen MR) is 397 cm³/mol. The highest BCUT2D eigenvalue weighted by atomic mass is 15.1. The van der Waals surface area contributed by atoms with Gasteiger partial charge in [-0.25, -0.2) is 15.0 Å². The van der Waals surface area contributed by atoms with Gasteiger partial charge in [0.1, 0.15) is 0 Å². The van der Waals surface area contributed by atoms with Gasteiger partial charge in [-0.1, -0.05) is 218 Å². The molecule has 3 heterocycles. The van der Waals surface area contributed by atoms with Crippen LogP contribution in [-0.2, 0) is 0 Å². The second kappa shape index (κ2) is 24.6. The first-order valence-corrected chi connectivity index (χ1v) is 32.5. The van der Waals surface area contributed by atoms with Gasteiger partial charge in [0, 0.05) is 38.2 Å². The summed E-state index contributed by atoms with van der Waals surface area (Å²) in [5, 5.41) is 35.3. The van der Waals surface area contributed by atoms with Crippen LogP contribution in [0.2, 0.25) is 0 Å². The molecule has 98 heavy (non-hydrogen) atoms. The van der Waals surface area contributed by atoms with Gasteiger partial charge in [0.15, 0.2) is 17.5 Å². The molecule has 0 bridgehead atoms. The Bertz CT molecular complexity index is 5630. The number of nitriles is 3. The number of aromatic nitrogens is 5. The molecule has 17 rings (SSSR count). The van der Waals surface area contributed by atoms with Crippen LogP contribution >= 0.6 is 0 Å². The molecular weight excluding hydrogens is 1190 g/mol. The first kappa shape index (κ1) is 58.0. The molecule has 3 aromatic heterocycles. The van der Waals surface area contributed by atoms with Crippen LogP contribution in [0.4, 0.5) is 0 Å². The van der Waals surface area contributed by atoms with Gasteiger partial charge in [0.2, 0.25) is 0 Å². The van der Waals surface area contributed by atoms with E-state index < -0.39 is 0 Å². The van der Waals surface area contributed by atoms with E-state index in [9.17, 15) is 15.8 Å². The largest absolute Gasteiger partial charge is 0.308 e. The van der Waals surface area contributed by atoms with Crippen LogP contribution in [0.1, 0.15) is 16.7 Å². The number of benzene rings is 14. The Morgan fingerprint density at radius 3 is 0.929 bits per heavy atom. The van der Waals surface area contributed by atoms with Gasteiger partial charge in [-0.2, -0.15) is 15.8 Å². The van der Waals surface area contributed by atoms with Crippen LogP contribution in [0.25, 0.3) is 167 Å². The lowest BCUT2D eigenvalue weighted by atomic mass is 9.98. The quantitative estimate of drug-likeness (QED) is 0.120. The molecule has 454 valence electrons. The molecule has 0 amide bonds. The maximum atomic E-state index is 10.4. The van der Waals surface area contributed by atoms with Gasteiger partial charge in [0.05, 0.1) is 68.3 Å². The second-order valence-corrected chi connectivity index (χ2v) is 24.5. The summed E-state index contributed by atoms with van der Waals surface area (Å²) < 4.78 is 4.68. The lowest BCUT2D eigenvalue weighted by Crippen LogP contribution is -2.06. The van der Waals surface area contributed by atoms with Crippen molar-refractivity contribution in [2.75, 3.05) is 0 Å². The van der Waals surface area contributed by atoms with Crippen molar-refractivity contribution in [3.63, 3.8) is 0 Å². The van der Waals surface area contributed by atoms with Crippen LogP contribution in [0.15, 0.2) is 328 Å². The molecule has 0 aliphatic carbocycles. The zero-order chi connectivity index (χ0) is 65.6. The third-order valence-corrected chi connectivity index (χ3v) is 18.7. The fourth-order valence-electron chi connectivity index (χ4n) is 13.9. The first-order valence-electron chi connectivity index (χ1n) is 32.5. The second-order valence-electron chi connectivity index (χ2n) is 24.5. The number of hydrogen-bond acceptors (Lipinski definition) is 6. The molecule has 0 saturated heterocycles. The Morgan fingerprint density at radius 2 is 0.531 bits per heavy atom. The summed E-state index contributed by atoms with van der Waals surface area (Å²) in [6.45, 7) is 0. The molecule has 17 aromatic rings. The van der Waals surface area contributed by atoms with Crippen molar-refractivity contribution in [3.05, 3.63) is 344 Å². The van der Waals surface area contributed by atoms with Gasteiger partial charge >= 0.3 is 0 Å². The predicted octanol–water partition coefficient (Wildman–Crippen LogP) is 22.4. The lowest BCUT2D eigenvalue weighted by Gasteiger charge is -2.18. The van der Waals surface area contributed by atoms with Crippen molar-refractivity contribution in [2.45, 2.75) is 0 Å². The minimum Gasteiger partial charge on any atom is -0.308 e. The lowest BCUT2D eigenvalue weighted by molar-refractivity contribution is 1.06. The number of fused-ring (bicyclic) bond motifs is 6. The average molecular weight is 1250 g/mol. The van der Waals surface area contributed by atoms with Crippen molar-refractivity contribution in [1.82, 2.24) is 24.1 Å². The highest BCUT2D eigenvalue weighted by Crippen LogP contribution is 2.45. The van der Waals surface area contributed by atoms with Crippen molar-refractivity contribution in [2.24, 2.45) is 0 Å². The Labute approximate surface area is 566 Å². The number of hydrogen-bond donors (Lipinski definition) is 0. The monoisotopic (exact) mass is 1250 g/mol. The fourth-order valence-corrected chi connectivity index (χ4v) is 13.9. The van der Waals surface area contributed by atoms with Crippen LogP contribution in [0.5, 0.6) is 0 Å². The maximum absolute atomic E-state index is 10.4. The highest BCUT2D eigenvalue weighted by molar-refractivity contribution is 6.14. The standard InChI is InChI=1S/C90H54N8/c91-55-58-18-15-29-64(46-58)70-34-40-76(86(53-70)97-82-42-36-66(60-20-5-1-6-21-60)49-78(82)79-50-67(37-43-83(79)97)61-22-7-2-8-23-61)89-94-88(73-32-17-31-72(48-73)75-33-14-13-28-74(75)57-93)95-90(96-89)77-41-35-71(65-30-16-19-59(47-65)56-92)54-87(77)98-84-44-38-68(62-24-9-3-10-25-62)51-80(84)81-52-69(39-45-85(81)98)63-26-11-4-12-27-63/h1-54H. The van der Waals surface area contributed by atoms with E-state index in [0.29, 0.717) is 34.2 Å². The third-order valence-electron chi connectivity index (χ3n) is 18.7. The molecule has 0 aliphatic rings. The van der Waals surface area contributed by atoms with E-state index in [4.69, 9.17) is 15.0 Å². The Hall–Kier alpha value is -13.8. The van der Waals surface area contributed by atoms with Crippen LogP contribution in [0, 0.1) is 34.0 Å². The summed E-state index contributed by atoms with van der Waals surface area (Å²) in [6, 6.07) is 120. The minimum absolute atomic E-state index is 0.413. The topological polar surface area (TPSA) is 120 Å². The van der Waals surface area contributed by atoms with Crippen molar-refractivity contribution >= 4 is 43.6 Å². The Kier molecular flexibility index (Phi) is 14.5. The molecule has 0 unspecified atom stereocenters. The van der Waals surface area contributed by atoms with E-state index in [1.807, 2.05) is 115 Å². The molecule has 8 nitrogen and oxygen atoms in total. The van der Waals surface area contributed by atoms with E-state index in [1.54, 1.807) is 0 Å². The van der Waals surface area contributed by atoms with E-state index in [-0.39, 0.29) is 0 Å². The molecule has 0 radical (unpaired) electrons. The van der Waals surface area contributed by atoms with E-state index in [1.165, 1.54) is 0 Å². The summed E-state index contributed by atoms with van der Waals surface area (Å²) in [4.78, 5) is 17.0. The zero-order valence-electron chi connectivity index (χ0n) is 52.8. The highest BCUT2D eigenvalue weighted by Gasteiger charge is 2.25. The van der Waals surface area contributed by atoms with Crippen molar-refractivity contribution < 1.29 is 0 Å². The zero-order valence-corrected chi connectivity index (χ0v) is 52.8. The molecule has 0 fully saturated rings. The summed E-state index contributed by atoms with van der Waals surface area (Å²) in [5.41, 5.74) is 23.3. The molecule has 0 atom stereocenters. The molecule has 14 aromatic carbocycles. The molecule has 0 saturated carbocycles. The molecule has 0 aliphatic heterocycles. The van der Waals surface area contributed by atoms with Crippen molar-refractivity contribution in [1.29, 1.82) is 15.8 Å². The molecule has 8 heteroatoms. The Balaban J connectivity index is 0.967. The van der Waals surface area contributed by atoms with Crippen LogP contribution < -0.4 is 0 Å². The fraction of sp³-hybridized carbons (Fsp3) is 0. The molecular formula is C90H54N8. The van der Waals surface area contributed by atoms with Crippen LogP contribution in [0.3, 0.4) is 0 Å². The smallest absolute Gasteiger partial charge is 0.166 e. The summed E-state index contributed by atoms with van der Waals surface area (Å²) in [5.74, 6) is 1.24. The minimum atomic E-state index is 0.413. The number of nitrogens with zero attached hydrogens (tertiary/aromatic N) is 8. The van der Waals surface area contributed by atoms with Gasteiger partial charge in [0.25, 0.3) is 0 Å². The van der Waals surface area contributed by atoms with E-state index in [0.717, 1.165) is 150 Å². The third kappa shape index (κ3) is 10.5. The summed E-state index contributed by atoms with van der Waals surface area (Å²) in [6.07, 6.45) is 0. The van der Waals surface area contributed by atoms with Crippen molar-refractivity contribution in [3.8, 4) is 142 Å². The summed E-state index contributed by atoms with van der Waals surface area (Å²) >= 11 is 0. The SMILES string of the molecule is N#Cc1cccc(-c2ccc(-c3nc(-c4cccc(-c5ccccc5C#N)c4)nc(-c4ccc(-c5cccc(C#N)c5)cc4-n4c5ccc(-c6ccccc6)cc5c5cc(-c6ccccc6)ccc54)n3)c(-n3c4ccc(-c5ccccc5)cc4c4cc(-c5ccccc5)ccc43)c2)c1. The van der Waals surface area contributed by atoms with Gasteiger partial charge < -0.3 is 9.13 Å².